The van der Waals surface area contributed by atoms with Crippen LogP contribution in [0, 0.1) is 11.2 Å². The summed E-state index contributed by atoms with van der Waals surface area (Å²) in [5.74, 6) is 1.38. The maximum atomic E-state index is 13.4. The molecule has 3 aromatic rings. The summed E-state index contributed by atoms with van der Waals surface area (Å²) in [6, 6.07) is 7.35. The molecule has 0 radical (unpaired) electrons. The Labute approximate surface area is 252 Å². The number of carbonyl (C=O) groups is 1. The van der Waals surface area contributed by atoms with Crippen LogP contribution in [0.15, 0.2) is 36.8 Å². The van der Waals surface area contributed by atoms with Gasteiger partial charge in [-0.05, 0) is 70.8 Å². The van der Waals surface area contributed by atoms with E-state index in [1.54, 1.807) is 0 Å². The molecule has 4 heterocycles. The van der Waals surface area contributed by atoms with Crippen LogP contribution in [-0.2, 0) is 13.0 Å². The van der Waals surface area contributed by atoms with E-state index < -0.39 is 5.82 Å². The predicted octanol–water partition coefficient (Wildman–Crippen LogP) is 4.58. The molecular formula is C32H40FN7O3. The minimum Gasteiger partial charge on any atom is -0.490 e. The summed E-state index contributed by atoms with van der Waals surface area (Å²) in [5.41, 5.74) is 2.59. The number of fused-ring (bicyclic) bond motifs is 1. The van der Waals surface area contributed by atoms with Crippen LogP contribution in [0.1, 0.15) is 67.6 Å². The second-order valence-electron chi connectivity index (χ2n) is 12.5. The van der Waals surface area contributed by atoms with Crippen molar-refractivity contribution in [2.75, 3.05) is 31.6 Å². The average molecular weight is 590 g/mol. The summed E-state index contributed by atoms with van der Waals surface area (Å²) in [6.45, 7) is 7.89. The number of pyridine rings is 1. The Hall–Kier alpha value is -3.70. The second kappa shape index (κ2) is 12.5. The van der Waals surface area contributed by atoms with Crippen molar-refractivity contribution in [3.63, 3.8) is 0 Å². The van der Waals surface area contributed by atoms with Crippen LogP contribution in [0.2, 0.25) is 0 Å². The van der Waals surface area contributed by atoms with Gasteiger partial charge in [0.2, 0.25) is 0 Å². The maximum Gasteiger partial charge on any atom is 0.282 e. The molecule has 1 aromatic carbocycles. The topological polar surface area (TPSA) is 106 Å². The van der Waals surface area contributed by atoms with Crippen LogP contribution in [0.4, 0.5) is 10.2 Å². The lowest BCUT2D eigenvalue weighted by atomic mass is 9.61. The van der Waals surface area contributed by atoms with Crippen LogP contribution in [0.3, 0.4) is 0 Å². The van der Waals surface area contributed by atoms with Gasteiger partial charge in [0, 0.05) is 67.6 Å². The lowest BCUT2D eigenvalue weighted by Crippen LogP contribution is -2.65. The molecule has 228 valence electrons. The van der Waals surface area contributed by atoms with Gasteiger partial charge in [-0.3, -0.25) is 9.78 Å². The number of nitrogens with zero attached hydrogens (tertiary/aromatic N) is 6. The number of benzene rings is 1. The summed E-state index contributed by atoms with van der Waals surface area (Å²) < 4.78 is 25.6. The highest BCUT2D eigenvalue weighted by Gasteiger charge is 2.54. The SMILES string of the molecule is CC(C)N(C)C1CCC1.O=Cc1cc(F)ccc1Oc1nncnc1N1CC2(CC(Oc3ccnc4c3CNCC4)C2)C1. The number of halogens is 1. The molecule has 0 bridgehead atoms. The number of aromatic nitrogens is 4. The lowest BCUT2D eigenvalue weighted by molar-refractivity contribution is -0.0350. The normalized spacial score (nSPS) is 19.1. The van der Waals surface area contributed by atoms with Crippen LogP contribution >= 0.6 is 0 Å². The maximum absolute atomic E-state index is 13.4. The molecule has 1 saturated heterocycles. The van der Waals surface area contributed by atoms with E-state index in [2.05, 4.69) is 56.2 Å². The molecule has 0 atom stereocenters. The van der Waals surface area contributed by atoms with E-state index in [1.165, 1.54) is 43.3 Å². The number of rotatable bonds is 8. The number of aldehydes is 1. The van der Waals surface area contributed by atoms with Gasteiger partial charge in [0.1, 0.15) is 29.7 Å². The Morgan fingerprint density at radius 2 is 1.98 bits per heavy atom. The molecule has 2 aliphatic carbocycles. The van der Waals surface area contributed by atoms with E-state index >= 15 is 0 Å². The average Bonchev–Trinajstić information content (AvgIpc) is 2.94. The molecular weight excluding hydrogens is 549 g/mol. The largest absolute Gasteiger partial charge is 0.490 e. The fourth-order valence-corrected chi connectivity index (χ4v) is 6.36. The molecule has 2 saturated carbocycles. The third-order valence-electron chi connectivity index (χ3n) is 9.25. The van der Waals surface area contributed by atoms with E-state index in [1.807, 2.05) is 12.3 Å². The van der Waals surface area contributed by atoms with Gasteiger partial charge in [0.25, 0.3) is 5.88 Å². The van der Waals surface area contributed by atoms with Gasteiger partial charge < -0.3 is 24.6 Å². The van der Waals surface area contributed by atoms with Gasteiger partial charge in [-0.1, -0.05) is 6.42 Å². The van der Waals surface area contributed by atoms with Gasteiger partial charge >= 0.3 is 0 Å². The molecule has 3 fully saturated rings. The highest BCUT2D eigenvalue weighted by Crippen LogP contribution is 2.52. The Kier molecular flexibility index (Phi) is 8.54. The van der Waals surface area contributed by atoms with Gasteiger partial charge in [-0.15, -0.1) is 10.2 Å². The molecule has 7 rings (SSSR count). The van der Waals surface area contributed by atoms with E-state index in [4.69, 9.17) is 9.47 Å². The zero-order chi connectivity index (χ0) is 30.0. The van der Waals surface area contributed by atoms with Crippen molar-refractivity contribution in [1.82, 2.24) is 30.4 Å². The van der Waals surface area contributed by atoms with Gasteiger partial charge in [-0.25, -0.2) is 9.37 Å². The number of hydrogen-bond donors (Lipinski definition) is 1. The Balaban J connectivity index is 0.000000315. The standard InChI is InChI=1S/C24H23FN6O3.C8H17N/c25-16-1-2-20(15(7-16)11-32)34-23-22(28-14-29-30-23)31-12-24(13-31)8-17(9-24)33-21-4-6-27-19-3-5-26-10-18(19)21;1-7(2)9(3)8-5-4-6-8/h1-2,4,6-7,11,14,17,26H,3,5,8-10,12-13H2;7-8H,4-6H2,1-3H3. The van der Waals surface area contributed by atoms with Crippen molar-refractivity contribution in [3.8, 4) is 17.4 Å². The fourth-order valence-electron chi connectivity index (χ4n) is 6.36. The molecule has 4 aliphatic rings. The lowest BCUT2D eigenvalue weighted by Gasteiger charge is -2.58. The Morgan fingerprint density at radius 1 is 1.16 bits per heavy atom. The first-order valence-electron chi connectivity index (χ1n) is 15.3. The number of anilines is 1. The van der Waals surface area contributed by atoms with Crippen LogP contribution < -0.4 is 19.7 Å². The molecule has 10 nitrogen and oxygen atoms in total. The van der Waals surface area contributed by atoms with Crippen molar-refractivity contribution in [2.45, 2.75) is 77.1 Å². The third kappa shape index (κ3) is 6.33. The smallest absolute Gasteiger partial charge is 0.282 e. The molecule has 0 unspecified atom stereocenters. The molecule has 43 heavy (non-hydrogen) atoms. The van der Waals surface area contributed by atoms with Crippen LogP contribution in [0.5, 0.6) is 17.4 Å². The molecule has 1 N–H and O–H groups in total. The second-order valence-corrected chi connectivity index (χ2v) is 12.5. The zero-order valence-corrected chi connectivity index (χ0v) is 25.1. The molecule has 1 spiro atoms. The van der Waals surface area contributed by atoms with E-state index in [0.29, 0.717) is 12.1 Å². The Morgan fingerprint density at radius 3 is 2.67 bits per heavy atom. The van der Waals surface area contributed by atoms with E-state index in [0.717, 1.165) is 75.0 Å². The first-order valence-corrected chi connectivity index (χ1v) is 15.3. The predicted molar refractivity (Wildman–Crippen MR) is 160 cm³/mol. The van der Waals surface area contributed by atoms with Crippen LogP contribution in [0.25, 0.3) is 0 Å². The molecule has 11 heteroatoms. The van der Waals surface area contributed by atoms with Gasteiger partial charge in [0.05, 0.1) is 5.56 Å². The minimum atomic E-state index is -0.512. The number of ether oxygens (including phenoxy) is 2. The highest BCUT2D eigenvalue weighted by molar-refractivity contribution is 5.79. The number of hydrogen-bond acceptors (Lipinski definition) is 10. The van der Waals surface area contributed by atoms with Gasteiger partial charge in [0.15, 0.2) is 12.1 Å². The first kappa shape index (κ1) is 29.4. The highest BCUT2D eigenvalue weighted by atomic mass is 19.1. The van der Waals surface area contributed by atoms with Crippen molar-refractivity contribution in [1.29, 1.82) is 0 Å². The van der Waals surface area contributed by atoms with Crippen molar-refractivity contribution in [2.24, 2.45) is 5.41 Å². The fraction of sp³-hybridized carbons (Fsp3) is 0.531. The molecule has 2 aliphatic heterocycles. The van der Waals surface area contributed by atoms with Crippen molar-refractivity contribution >= 4 is 12.1 Å². The van der Waals surface area contributed by atoms with Crippen molar-refractivity contribution < 1.29 is 18.7 Å². The molecule has 0 amide bonds. The minimum absolute atomic E-state index is 0.101. The summed E-state index contributed by atoms with van der Waals surface area (Å²) in [5, 5.41) is 11.3. The summed E-state index contributed by atoms with van der Waals surface area (Å²) in [6.07, 6.45) is 11.1. The zero-order valence-electron chi connectivity index (χ0n) is 25.1. The monoisotopic (exact) mass is 589 g/mol. The van der Waals surface area contributed by atoms with Crippen molar-refractivity contribution in [3.05, 3.63) is 59.4 Å². The summed E-state index contributed by atoms with van der Waals surface area (Å²) in [7, 11) is 2.23. The molecule has 2 aromatic heterocycles. The Bertz CT molecular complexity index is 1440. The van der Waals surface area contributed by atoms with Gasteiger partial charge in [-0.2, -0.15) is 0 Å². The number of nitrogens with one attached hydrogen (secondary N) is 1. The third-order valence-corrected chi connectivity index (χ3v) is 9.25. The summed E-state index contributed by atoms with van der Waals surface area (Å²) in [4.78, 5) is 24.7. The van der Waals surface area contributed by atoms with Crippen LogP contribution in [-0.4, -0.2) is 76.2 Å². The quantitative estimate of drug-likeness (QED) is 0.375. The first-order chi connectivity index (χ1) is 20.8. The van der Waals surface area contributed by atoms with E-state index in [-0.39, 0.29) is 28.7 Å². The van der Waals surface area contributed by atoms with E-state index in [9.17, 15) is 9.18 Å². The summed E-state index contributed by atoms with van der Waals surface area (Å²) >= 11 is 0. The number of carbonyl (C=O) groups excluding carboxylic acids is 1.